The van der Waals surface area contributed by atoms with Crippen LogP contribution < -0.4 is 118 Å². The van der Waals surface area contributed by atoms with Gasteiger partial charge in [-0.05, 0) is 108 Å². The number of hydrogen-bond donors (Lipinski definition) is 0. The summed E-state index contributed by atoms with van der Waals surface area (Å²) in [4.78, 5) is -2.66. The predicted octanol–water partition coefficient (Wildman–Crippen LogP) is -4.32. The first-order chi connectivity index (χ1) is 30.4. The monoisotopic (exact) mass is 1050 g/mol. The van der Waals surface area contributed by atoms with Crippen LogP contribution in [0.15, 0.2) is 179 Å². The van der Waals surface area contributed by atoms with Gasteiger partial charge in [-0.3, -0.25) is 0 Å². The SMILES string of the molecule is O=S(=O)([O-])c1ccc(N=Nc2ccc(N=[N+]([O-])c3ccc(C=Cc4ccc([N+]([O-])=Nc5ccc([N+]([O-])=Nc6ccc(S(=O)(=O)[O-])cc6)cc5)cc4S(=O)(=O)[O-])c(S(=O)(=O)[O-])c3)cc2)cc1.[Na+].[Na+].[Na+].[Na+]. The van der Waals surface area contributed by atoms with E-state index in [1.165, 1.54) is 60.7 Å². The Morgan fingerprint density at radius 2 is 0.609 bits per heavy atom. The molecule has 0 amide bonds. The van der Waals surface area contributed by atoms with E-state index in [0.717, 1.165) is 78.9 Å². The zero-order valence-electron chi connectivity index (χ0n) is 36.2. The maximum atomic E-state index is 12.9. The molecule has 0 N–H and O–H groups in total. The number of hydrogen-bond acceptors (Lipinski definition) is 20. The van der Waals surface area contributed by atoms with Crippen molar-refractivity contribution >= 4 is 98.1 Å². The Morgan fingerprint density at radius 3 is 0.928 bits per heavy atom. The van der Waals surface area contributed by atoms with Crippen molar-refractivity contribution in [2.45, 2.75) is 19.6 Å². The van der Waals surface area contributed by atoms with Crippen molar-refractivity contribution in [2.75, 3.05) is 0 Å². The fourth-order valence-electron chi connectivity index (χ4n) is 5.37. The van der Waals surface area contributed by atoms with Crippen LogP contribution in [0.2, 0.25) is 0 Å². The van der Waals surface area contributed by atoms with Crippen molar-refractivity contribution in [3.8, 4) is 0 Å². The molecule has 0 aliphatic rings. The second-order valence-electron chi connectivity index (χ2n) is 12.9. The number of nitrogens with zero attached hydrogens (tertiary/aromatic N) is 8. The van der Waals surface area contributed by atoms with Gasteiger partial charge in [0.2, 0.25) is 17.1 Å². The van der Waals surface area contributed by atoms with E-state index < -0.39 is 71.4 Å². The van der Waals surface area contributed by atoms with Gasteiger partial charge in [0.05, 0.1) is 31.0 Å². The van der Waals surface area contributed by atoms with Crippen LogP contribution in [0, 0.1) is 15.6 Å². The van der Waals surface area contributed by atoms with Crippen molar-refractivity contribution < 1.29 is 185 Å². The van der Waals surface area contributed by atoms with Crippen molar-refractivity contribution in [1.29, 1.82) is 0 Å². The number of rotatable bonds is 14. The Balaban J connectivity index is 0.00000408. The first-order valence-corrected chi connectivity index (χ1v) is 23.3. The van der Waals surface area contributed by atoms with Gasteiger partial charge in [-0.2, -0.15) is 10.2 Å². The summed E-state index contributed by atoms with van der Waals surface area (Å²) >= 11 is 0. The van der Waals surface area contributed by atoms with Crippen LogP contribution >= 0.6 is 0 Å². The molecule has 6 rings (SSSR count). The van der Waals surface area contributed by atoms with Crippen LogP contribution in [0.3, 0.4) is 0 Å². The largest absolute Gasteiger partial charge is 1.00 e. The zero-order valence-corrected chi connectivity index (χ0v) is 47.5. The molecule has 6 aromatic rings. The van der Waals surface area contributed by atoms with Crippen molar-refractivity contribution in [1.82, 2.24) is 0 Å². The number of benzene rings is 6. The van der Waals surface area contributed by atoms with Gasteiger partial charge in [-0.15, -0.1) is 0 Å². The molecule has 0 aliphatic heterocycles. The maximum Gasteiger partial charge on any atom is 1.00 e. The van der Waals surface area contributed by atoms with E-state index in [9.17, 15) is 67.5 Å². The minimum absolute atomic E-state index is 0. The van der Waals surface area contributed by atoms with Crippen LogP contribution in [0.1, 0.15) is 11.1 Å². The summed E-state index contributed by atoms with van der Waals surface area (Å²) in [5.41, 5.74) is -1.03. The Hall–Kier alpha value is -3.50. The van der Waals surface area contributed by atoms with E-state index >= 15 is 0 Å². The van der Waals surface area contributed by atoms with Gasteiger partial charge < -0.3 is 33.8 Å². The predicted molar refractivity (Wildman–Crippen MR) is 220 cm³/mol. The molecular formula is C38H24N8Na4O15S4. The molecule has 69 heavy (non-hydrogen) atoms. The molecule has 6 aromatic carbocycles. The molecule has 31 heteroatoms. The second-order valence-corrected chi connectivity index (χ2v) is 18.4. The molecule has 0 atom stereocenters. The topological polar surface area (TPSA) is 369 Å². The maximum absolute atomic E-state index is 12.9. The van der Waals surface area contributed by atoms with Gasteiger partial charge >= 0.3 is 118 Å². The third-order valence-electron chi connectivity index (χ3n) is 8.49. The van der Waals surface area contributed by atoms with Crippen LogP contribution in [0.4, 0.5) is 45.5 Å². The summed E-state index contributed by atoms with van der Waals surface area (Å²) in [6, 6.07) is 24.9. The molecule has 0 bridgehead atoms. The smallest absolute Gasteiger partial charge is 0.744 e. The summed E-state index contributed by atoms with van der Waals surface area (Å²) < 4.78 is 140. The van der Waals surface area contributed by atoms with Gasteiger partial charge in [0.1, 0.15) is 57.5 Å². The first kappa shape index (κ1) is 61.6. The summed E-state index contributed by atoms with van der Waals surface area (Å²) in [5.74, 6) is 0. The Kier molecular flexibility index (Phi) is 23.0. The summed E-state index contributed by atoms with van der Waals surface area (Å²) in [7, 11) is -20.0. The molecular weight excluding hydrogens is 1030 g/mol. The van der Waals surface area contributed by atoms with Crippen LogP contribution in [-0.4, -0.2) is 66.5 Å². The fraction of sp³-hybridized carbons (Fsp3) is 0. The second kappa shape index (κ2) is 25.7. The summed E-state index contributed by atoms with van der Waals surface area (Å²) in [5, 5.41) is 57.5. The molecule has 0 fully saturated rings. The molecule has 0 unspecified atom stereocenters. The van der Waals surface area contributed by atoms with Crippen molar-refractivity contribution in [3.63, 3.8) is 0 Å². The fourth-order valence-corrected chi connectivity index (χ4v) is 7.69. The van der Waals surface area contributed by atoms with E-state index in [2.05, 4.69) is 25.6 Å². The average Bonchev–Trinajstić information content (AvgIpc) is 3.24. The molecule has 0 spiro atoms. The average molecular weight is 1050 g/mol. The summed E-state index contributed by atoms with van der Waals surface area (Å²) in [6.45, 7) is 0. The molecule has 334 valence electrons. The van der Waals surface area contributed by atoms with Gasteiger partial charge in [-0.25, -0.2) is 33.7 Å². The minimum Gasteiger partial charge on any atom is -0.744 e. The van der Waals surface area contributed by atoms with Crippen LogP contribution in [0.5, 0.6) is 0 Å². The Bertz CT molecular complexity index is 3440. The Labute approximate surface area is 482 Å². The Morgan fingerprint density at radius 1 is 0.348 bits per heavy atom. The normalized spacial score (nSPS) is 12.7. The van der Waals surface area contributed by atoms with Gasteiger partial charge in [0.15, 0.2) is 0 Å². The molecule has 0 saturated heterocycles. The van der Waals surface area contributed by atoms with E-state index in [1.54, 1.807) is 0 Å². The van der Waals surface area contributed by atoms with Crippen LogP contribution in [-0.2, 0) is 40.5 Å². The van der Waals surface area contributed by atoms with E-state index in [0.29, 0.717) is 6.07 Å². The van der Waals surface area contributed by atoms with Crippen molar-refractivity contribution in [3.05, 3.63) is 160 Å². The van der Waals surface area contributed by atoms with Gasteiger partial charge in [0.25, 0.3) is 0 Å². The number of azo groups is 4. The third kappa shape index (κ3) is 17.4. The van der Waals surface area contributed by atoms with E-state index in [-0.39, 0.29) is 178 Å². The van der Waals surface area contributed by atoms with Gasteiger partial charge in [0, 0.05) is 51.7 Å². The van der Waals surface area contributed by atoms with E-state index in [1.807, 2.05) is 0 Å². The standard InChI is InChI=1S/C38H28N8O15S4.4Na/c47-44(41-31-13-21-36(22-14-31)63(53,54)55)32-17-9-30(10-18-32)43-46(49)34-16-4-26(38(24-34)65(59,60)61)2-1-25-3-15-33(23-37(25)64(56,57)58)45(48)42-29-7-5-27(6-8-29)39-40-28-11-19-35(20-12-28)62(50,51)52;;;;/h1-24H,(H,50,51,52)(H,53,54,55)(H,56,57,58)(H,59,60,61);;;;/q;4*+1/p-4. The van der Waals surface area contributed by atoms with E-state index in [4.69, 9.17) is 0 Å². The molecule has 0 heterocycles. The minimum atomic E-state index is -5.31. The zero-order chi connectivity index (χ0) is 47.3. The van der Waals surface area contributed by atoms with Crippen molar-refractivity contribution in [2.24, 2.45) is 25.6 Å². The first-order valence-electron chi connectivity index (χ1n) is 17.6. The van der Waals surface area contributed by atoms with Gasteiger partial charge in [-0.1, -0.05) is 26.7 Å². The third-order valence-corrected chi connectivity index (χ3v) is 12.0. The molecule has 23 nitrogen and oxygen atoms in total. The quantitative estimate of drug-likeness (QED) is 0.0249. The molecule has 0 aliphatic carbocycles. The van der Waals surface area contributed by atoms with Crippen LogP contribution in [0.25, 0.3) is 12.2 Å². The summed E-state index contributed by atoms with van der Waals surface area (Å²) in [6.07, 6.45) is 1.96. The molecule has 0 radical (unpaired) electrons. The molecule has 0 saturated carbocycles. The molecule has 0 aromatic heterocycles.